The third-order valence-electron chi connectivity index (χ3n) is 4.14. The maximum Gasteiger partial charge on any atom is 0.256 e. The Morgan fingerprint density at radius 3 is 2.76 bits per heavy atom. The van der Waals surface area contributed by atoms with Crippen LogP contribution in [0.1, 0.15) is 50.9 Å². The number of halogens is 1. The van der Waals surface area contributed by atoms with Gasteiger partial charge in [0.05, 0.1) is 16.6 Å². The van der Waals surface area contributed by atoms with Crippen molar-refractivity contribution in [3.8, 4) is 5.75 Å². The number of nitrogens with two attached hydrogens (primary N) is 1. The van der Waals surface area contributed by atoms with E-state index in [2.05, 4.69) is 21.2 Å². The highest BCUT2D eigenvalue weighted by Gasteiger charge is 2.25. The number of amides is 2. The lowest BCUT2D eigenvalue weighted by Crippen LogP contribution is -2.18. The number of hydrogen-bond donors (Lipinski definition) is 2. The molecule has 1 aromatic heterocycles. The highest BCUT2D eigenvalue weighted by Crippen LogP contribution is 2.38. The first-order valence-electron chi connectivity index (χ1n) is 8.19. The van der Waals surface area contributed by atoms with Crippen LogP contribution in [0.4, 0.5) is 5.00 Å². The molecule has 132 valence electrons. The lowest BCUT2D eigenvalue weighted by Gasteiger charge is -2.11. The number of nitrogens with one attached hydrogen (secondary N) is 1. The van der Waals surface area contributed by atoms with Crippen LogP contribution < -0.4 is 15.8 Å². The van der Waals surface area contributed by atoms with Gasteiger partial charge in [0.2, 0.25) is 0 Å². The maximum absolute atomic E-state index is 12.6. The molecule has 3 rings (SSSR count). The molecule has 1 heterocycles. The molecule has 7 heteroatoms. The summed E-state index contributed by atoms with van der Waals surface area (Å²) in [6.07, 6.45) is 3.92. The molecule has 0 aliphatic heterocycles. The summed E-state index contributed by atoms with van der Waals surface area (Å²) in [5.41, 5.74) is 7.53. The first kappa shape index (κ1) is 17.9. The standard InChI is InChI=1S/C18H19BrN2O3S/c1-2-24-13-8-7-10(9-12(13)19)17(23)21-18-15(16(20)22)11-5-3-4-6-14(11)25-18/h7-9H,2-6H2,1H3,(H2,20,22)(H,21,23). The van der Waals surface area contributed by atoms with Crippen LogP contribution >= 0.6 is 27.3 Å². The van der Waals surface area contributed by atoms with E-state index in [4.69, 9.17) is 10.5 Å². The molecule has 0 unspecified atom stereocenters. The van der Waals surface area contributed by atoms with Crippen molar-refractivity contribution in [1.29, 1.82) is 0 Å². The van der Waals surface area contributed by atoms with Crippen molar-refractivity contribution in [3.05, 3.63) is 44.2 Å². The fourth-order valence-corrected chi connectivity index (χ4v) is 4.79. The van der Waals surface area contributed by atoms with Gasteiger partial charge >= 0.3 is 0 Å². The van der Waals surface area contributed by atoms with Crippen LogP contribution in [-0.2, 0) is 12.8 Å². The van der Waals surface area contributed by atoms with Gasteiger partial charge in [0.15, 0.2) is 0 Å². The molecule has 0 bridgehead atoms. The largest absolute Gasteiger partial charge is 0.493 e. The lowest BCUT2D eigenvalue weighted by atomic mass is 9.95. The first-order valence-corrected chi connectivity index (χ1v) is 9.80. The number of benzene rings is 1. The minimum absolute atomic E-state index is 0.273. The Bertz CT molecular complexity index is 832. The molecule has 5 nitrogen and oxygen atoms in total. The van der Waals surface area contributed by atoms with E-state index in [0.29, 0.717) is 33.0 Å². The van der Waals surface area contributed by atoms with Crippen molar-refractivity contribution in [2.24, 2.45) is 5.73 Å². The molecule has 0 saturated heterocycles. The van der Waals surface area contributed by atoms with Crippen molar-refractivity contribution < 1.29 is 14.3 Å². The normalized spacial score (nSPS) is 13.2. The molecule has 0 saturated carbocycles. The van der Waals surface area contributed by atoms with Crippen molar-refractivity contribution in [2.45, 2.75) is 32.6 Å². The molecule has 1 aliphatic rings. The van der Waals surface area contributed by atoms with Gasteiger partial charge in [-0.2, -0.15) is 0 Å². The highest BCUT2D eigenvalue weighted by atomic mass is 79.9. The fourth-order valence-electron chi connectivity index (χ4n) is 3.00. The zero-order chi connectivity index (χ0) is 18.0. The van der Waals surface area contributed by atoms with Gasteiger partial charge in [-0.15, -0.1) is 11.3 Å². The maximum atomic E-state index is 12.6. The summed E-state index contributed by atoms with van der Waals surface area (Å²) in [6, 6.07) is 5.15. The van der Waals surface area contributed by atoms with E-state index in [-0.39, 0.29) is 5.91 Å². The molecular weight excluding hydrogens is 404 g/mol. The highest BCUT2D eigenvalue weighted by molar-refractivity contribution is 9.10. The predicted octanol–water partition coefficient (Wildman–Crippen LogP) is 4.14. The van der Waals surface area contributed by atoms with Gasteiger partial charge in [-0.05, 0) is 72.3 Å². The number of carbonyl (C=O) groups excluding carboxylic acids is 2. The quantitative estimate of drug-likeness (QED) is 0.759. The van der Waals surface area contributed by atoms with E-state index in [1.165, 1.54) is 11.3 Å². The van der Waals surface area contributed by atoms with E-state index in [1.807, 2.05) is 6.92 Å². The number of ether oxygens (including phenoxy) is 1. The third-order valence-corrected chi connectivity index (χ3v) is 5.97. The van der Waals surface area contributed by atoms with Crippen molar-refractivity contribution in [3.63, 3.8) is 0 Å². The van der Waals surface area contributed by atoms with Gasteiger partial charge in [0.25, 0.3) is 11.8 Å². The molecule has 1 aromatic carbocycles. The number of thiophene rings is 1. The van der Waals surface area contributed by atoms with Crippen LogP contribution in [0, 0.1) is 0 Å². The van der Waals surface area contributed by atoms with Gasteiger partial charge in [-0.1, -0.05) is 0 Å². The van der Waals surface area contributed by atoms with E-state index in [1.54, 1.807) is 18.2 Å². The Morgan fingerprint density at radius 2 is 2.08 bits per heavy atom. The number of primary amides is 1. The van der Waals surface area contributed by atoms with Crippen LogP contribution in [-0.4, -0.2) is 18.4 Å². The molecule has 2 aromatic rings. The summed E-state index contributed by atoms with van der Waals surface area (Å²) in [6.45, 7) is 2.45. The number of fused-ring (bicyclic) bond motifs is 1. The minimum Gasteiger partial charge on any atom is -0.493 e. The Kier molecular flexibility index (Phi) is 5.44. The van der Waals surface area contributed by atoms with Crippen LogP contribution in [0.3, 0.4) is 0 Å². The molecule has 3 N–H and O–H groups in total. The summed E-state index contributed by atoms with van der Waals surface area (Å²) < 4.78 is 6.17. The van der Waals surface area contributed by atoms with Crippen LogP contribution in [0.15, 0.2) is 22.7 Å². The summed E-state index contributed by atoms with van der Waals surface area (Å²) in [7, 11) is 0. The van der Waals surface area contributed by atoms with Gasteiger partial charge < -0.3 is 15.8 Å². The van der Waals surface area contributed by atoms with E-state index in [0.717, 1.165) is 36.1 Å². The van der Waals surface area contributed by atoms with Crippen molar-refractivity contribution in [2.75, 3.05) is 11.9 Å². The SMILES string of the molecule is CCOc1ccc(C(=O)Nc2sc3c(c2C(N)=O)CCCC3)cc1Br. The number of carbonyl (C=O) groups is 2. The van der Waals surface area contributed by atoms with Crippen molar-refractivity contribution >= 4 is 44.1 Å². The second kappa shape index (κ2) is 7.58. The third kappa shape index (κ3) is 3.72. The Labute approximate surface area is 158 Å². The molecular formula is C18H19BrN2O3S. The average Bonchev–Trinajstić information content (AvgIpc) is 2.94. The minimum atomic E-state index is -0.484. The second-order valence-electron chi connectivity index (χ2n) is 5.81. The molecule has 25 heavy (non-hydrogen) atoms. The smallest absolute Gasteiger partial charge is 0.256 e. The molecule has 0 atom stereocenters. The summed E-state index contributed by atoms with van der Waals surface area (Å²) in [4.78, 5) is 25.7. The molecule has 0 spiro atoms. The number of rotatable bonds is 5. The number of hydrogen-bond acceptors (Lipinski definition) is 4. The fraction of sp³-hybridized carbons (Fsp3) is 0.333. The van der Waals surface area contributed by atoms with Crippen LogP contribution in [0.25, 0.3) is 0 Å². The zero-order valence-corrected chi connectivity index (χ0v) is 16.3. The first-order chi connectivity index (χ1) is 12.0. The van der Waals surface area contributed by atoms with Gasteiger partial charge in [-0.3, -0.25) is 9.59 Å². The zero-order valence-electron chi connectivity index (χ0n) is 13.9. The second-order valence-corrected chi connectivity index (χ2v) is 7.77. The summed E-state index contributed by atoms with van der Waals surface area (Å²) in [5, 5.41) is 3.41. The van der Waals surface area contributed by atoms with Gasteiger partial charge in [0, 0.05) is 10.4 Å². The number of anilines is 1. The number of aryl methyl sites for hydroxylation is 1. The predicted molar refractivity (Wildman–Crippen MR) is 103 cm³/mol. The Hall–Kier alpha value is -1.86. The average molecular weight is 423 g/mol. The van der Waals surface area contributed by atoms with E-state index in [9.17, 15) is 9.59 Å². The summed E-state index contributed by atoms with van der Waals surface area (Å²) in [5.74, 6) is -0.0733. The monoisotopic (exact) mass is 422 g/mol. The Morgan fingerprint density at radius 1 is 1.32 bits per heavy atom. The molecule has 0 radical (unpaired) electrons. The van der Waals surface area contributed by atoms with E-state index < -0.39 is 5.91 Å². The molecule has 1 aliphatic carbocycles. The topological polar surface area (TPSA) is 81.4 Å². The van der Waals surface area contributed by atoms with Gasteiger partial charge in [0.1, 0.15) is 10.8 Å². The van der Waals surface area contributed by atoms with Crippen LogP contribution in [0.5, 0.6) is 5.75 Å². The Balaban J connectivity index is 1.87. The van der Waals surface area contributed by atoms with Gasteiger partial charge in [-0.25, -0.2) is 0 Å². The molecule has 2 amide bonds. The lowest BCUT2D eigenvalue weighted by molar-refractivity contribution is 0.100. The molecule has 0 fully saturated rings. The van der Waals surface area contributed by atoms with Crippen LogP contribution in [0.2, 0.25) is 0 Å². The van der Waals surface area contributed by atoms with E-state index >= 15 is 0 Å². The van der Waals surface area contributed by atoms with Crippen molar-refractivity contribution in [1.82, 2.24) is 0 Å². The summed E-state index contributed by atoms with van der Waals surface area (Å²) >= 11 is 4.87.